The number of rotatable bonds is 5. The molecule has 0 radical (unpaired) electrons. The minimum absolute atomic E-state index is 0.217. The summed E-state index contributed by atoms with van der Waals surface area (Å²) in [6, 6.07) is 7.23. The van der Waals surface area contributed by atoms with Gasteiger partial charge in [-0.25, -0.2) is 0 Å². The molecule has 1 aromatic carbocycles. The van der Waals surface area contributed by atoms with E-state index in [0.717, 1.165) is 5.56 Å². The van der Waals surface area contributed by atoms with E-state index in [2.05, 4.69) is 4.90 Å². The summed E-state index contributed by atoms with van der Waals surface area (Å²) in [6.45, 7) is 2.01. The van der Waals surface area contributed by atoms with Crippen LogP contribution in [-0.2, 0) is 15.7 Å². The maximum absolute atomic E-state index is 10.7. The molecule has 1 aliphatic heterocycles. The van der Waals surface area contributed by atoms with Crippen molar-refractivity contribution in [1.82, 2.24) is 4.90 Å². The van der Waals surface area contributed by atoms with Crippen molar-refractivity contribution >= 4 is 21.7 Å². The number of hydrogen-bond acceptors (Lipinski definition) is 4. The summed E-state index contributed by atoms with van der Waals surface area (Å²) in [7, 11) is -3.88. The first-order valence-corrected chi connectivity index (χ1v) is 8.93. The maximum Gasteiger partial charge on any atom is 0.264 e. The summed E-state index contributed by atoms with van der Waals surface area (Å²) < 4.78 is 30.1. The monoisotopic (exact) mass is 333 g/mol. The third kappa shape index (κ3) is 4.93. The molecule has 1 aliphatic rings. The van der Waals surface area contributed by atoms with Gasteiger partial charge in [0, 0.05) is 18.1 Å². The Morgan fingerprint density at radius 3 is 2.29 bits per heavy atom. The van der Waals surface area contributed by atoms with Crippen molar-refractivity contribution in [2.24, 2.45) is 0 Å². The summed E-state index contributed by atoms with van der Waals surface area (Å²) in [5, 5.41) is 11.3. The van der Waals surface area contributed by atoms with Crippen molar-refractivity contribution in [2.45, 2.75) is 24.9 Å². The highest BCUT2D eigenvalue weighted by atomic mass is 35.5. The standard InChI is InChI=1S/C14H20ClNO4S/c15-13-4-2-12(3-5-13)14(17)6-9-16(10-7-14)8-1-11-21(18,19)20/h2-5,17H,1,6-11H2,(H,18,19,20). The molecule has 5 nitrogen and oxygen atoms in total. The Labute approximate surface area is 130 Å². The largest absolute Gasteiger partial charge is 0.385 e. The second-order valence-corrected chi connectivity index (χ2v) is 7.53. The maximum atomic E-state index is 10.7. The Balaban J connectivity index is 1.86. The summed E-state index contributed by atoms with van der Waals surface area (Å²) in [5.41, 5.74) is 0.0222. The van der Waals surface area contributed by atoms with Gasteiger partial charge in [-0.1, -0.05) is 23.7 Å². The molecule has 0 atom stereocenters. The van der Waals surface area contributed by atoms with Crippen LogP contribution in [0.2, 0.25) is 5.02 Å². The molecule has 0 bridgehead atoms. The molecule has 0 spiro atoms. The first-order chi connectivity index (χ1) is 9.78. The van der Waals surface area contributed by atoms with E-state index in [9.17, 15) is 13.5 Å². The van der Waals surface area contributed by atoms with Crippen molar-refractivity contribution < 1.29 is 18.1 Å². The number of nitrogens with zero attached hydrogens (tertiary/aromatic N) is 1. The van der Waals surface area contributed by atoms with Crippen molar-refractivity contribution in [3.05, 3.63) is 34.9 Å². The second kappa shape index (κ2) is 6.62. The first kappa shape index (κ1) is 16.7. The van der Waals surface area contributed by atoms with Gasteiger partial charge in [0.2, 0.25) is 0 Å². The average Bonchev–Trinajstić information content (AvgIpc) is 2.40. The van der Waals surface area contributed by atoms with Crippen LogP contribution in [0.5, 0.6) is 0 Å². The summed E-state index contributed by atoms with van der Waals surface area (Å²) in [6.07, 6.45) is 1.60. The zero-order chi connectivity index (χ0) is 15.5. The lowest BCUT2D eigenvalue weighted by Gasteiger charge is -2.38. The van der Waals surface area contributed by atoms with E-state index in [1.165, 1.54) is 0 Å². The van der Waals surface area contributed by atoms with Crippen molar-refractivity contribution in [3.8, 4) is 0 Å². The van der Waals surface area contributed by atoms with Crippen molar-refractivity contribution in [3.63, 3.8) is 0 Å². The fraction of sp³-hybridized carbons (Fsp3) is 0.571. The van der Waals surface area contributed by atoms with E-state index in [1.807, 2.05) is 12.1 Å². The molecule has 21 heavy (non-hydrogen) atoms. The highest BCUT2D eigenvalue weighted by Gasteiger charge is 2.33. The molecular weight excluding hydrogens is 314 g/mol. The number of benzene rings is 1. The Kier molecular flexibility index (Phi) is 5.27. The van der Waals surface area contributed by atoms with Gasteiger partial charge < -0.3 is 10.0 Å². The molecular formula is C14H20ClNO4S. The first-order valence-electron chi connectivity index (χ1n) is 6.94. The smallest absolute Gasteiger partial charge is 0.264 e. The topological polar surface area (TPSA) is 77.8 Å². The van der Waals surface area contributed by atoms with Gasteiger partial charge in [0.15, 0.2) is 0 Å². The van der Waals surface area contributed by atoms with Crippen molar-refractivity contribution in [2.75, 3.05) is 25.4 Å². The van der Waals surface area contributed by atoms with E-state index in [-0.39, 0.29) is 5.75 Å². The summed E-state index contributed by atoms with van der Waals surface area (Å²) in [5.74, 6) is -0.217. The predicted molar refractivity (Wildman–Crippen MR) is 82.1 cm³/mol. The average molecular weight is 334 g/mol. The van der Waals surface area contributed by atoms with Gasteiger partial charge in [-0.15, -0.1) is 0 Å². The number of hydrogen-bond donors (Lipinski definition) is 2. The number of piperidine rings is 1. The van der Waals surface area contributed by atoms with Gasteiger partial charge in [-0.3, -0.25) is 4.55 Å². The summed E-state index contributed by atoms with van der Waals surface area (Å²) >= 11 is 5.85. The van der Waals surface area contributed by atoms with E-state index >= 15 is 0 Å². The lowest BCUT2D eigenvalue weighted by molar-refractivity contribution is -0.0257. The zero-order valence-corrected chi connectivity index (χ0v) is 13.3. The zero-order valence-electron chi connectivity index (χ0n) is 11.7. The number of halogens is 1. The molecule has 1 aromatic rings. The van der Waals surface area contributed by atoms with Crippen LogP contribution in [0.1, 0.15) is 24.8 Å². The Morgan fingerprint density at radius 1 is 1.19 bits per heavy atom. The number of aliphatic hydroxyl groups is 1. The molecule has 118 valence electrons. The Hall–Kier alpha value is -0.660. The van der Waals surface area contributed by atoms with E-state index < -0.39 is 15.7 Å². The minimum atomic E-state index is -3.88. The van der Waals surface area contributed by atoms with Crippen LogP contribution in [0.3, 0.4) is 0 Å². The van der Waals surface area contributed by atoms with Gasteiger partial charge in [-0.2, -0.15) is 8.42 Å². The van der Waals surface area contributed by atoms with E-state index in [1.54, 1.807) is 12.1 Å². The molecule has 0 amide bonds. The van der Waals surface area contributed by atoms with Gasteiger partial charge in [-0.05, 0) is 43.5 Å². The van der Waals surface area contributed by atoms with Gasteiger partial charge >= 0.3 is 0 Å². The molecule has 7 heteroatoms. The molecule has 2 rings (SSSR count). The van der Waals surface area contributed by atoms with Crippen LogP contribution in [0.15, 0.2) is 24.3 Å². The second-order valence-electron chi connectivity index (χ2n) is 5.52. The number of likely N-dealkylation sites (tertiary alicyclic amines) is 1. The van der Waals surface area contributed by atoms with E-state index in [0.29, 0.717) is 43.9 Å². The SMILES string of the molecule is O=S(=O)(O)CCCN1CCC(O)(c2ccc(Cl)cc2)CC1. The third-order valence-corrected chi connectivity index (χ3v) is 5.00. The molecule has 0 unspecified atom stereocenters. The Morgan fingerprint density at radius 2 is 1.76 bits per heavy atom. The molecule has 2 N–H and O–H groups in total. The lowest BCUT2D eigenvalue weighted by Crippen LogP contribution is -2.43. The molecule has 1 heterocycles. The van der Waals surface area contributed by atoms with Crippen LogP contribution in [0, 0.1) is 0 Å². The minimum Gasteiger partial charge on any atom is -0.385 e. The Bertz CT molecular complexity index is 565. The normalized spacial score (nSPS) is 19.6. The molecule has 0 saturated carbocycles. The van der Waals surface area contributed by atoms with Crippen LogP contribution in [-0.4, -0.2) is 48.4 Å². The van der Waals surface area contributed by atoms with Gasteiger partial charge in [0.25, 0.3) is 10.1 Å². The highest BCUT2D eigenvalue weighted by Crippen LogP contribution is 2.33. The molecule has 1 saturated heterocycles. The molecule has 1 fully saturated rings. The third-order valence-electron chi connectivity index (χ3n) is 3.94. The lowest BCUT2D eigenvalue weighted by atomic mass is 9.84. The van der Waals surface area contributed by atoms with Crippen LogP contribution < -0.4 is 0 Å². The predicted octanol–water partition coefficient (Wildman–Crippen LogP) is 1.90. The van der Waals surface area contributed by atoms with Crippen LogP contribution in [0.4, 0.5) is 0 Å². The highest BCUT2D eigenvalue weighted by molar-refractivity contribution is 7.85. The molecule has 0 aliphatic carbocycles. The summed E-state index contributed by atoms with van der Waals surface area (Å²) in [4.78, 5) is 2.11. The van der Waals surface area contributed by atoms with Crippen LogP contribution in [0.25, 0.3) is 0 Å². The van der Waals surface area contributed by atoms with E-state index in [4.69, 9.17) is 16.2 Å². The van der Waals surface area contributed by atoms with Crippen LogP contribution >= 0.6 is 11.6 Å². The fourth-order valence-corrected chi connectivity index (χ4v) is 3.29. The van der Waals surface area contributed by atoms with Gasteiger partial charge in [0.05, 0.1) is 11.4 Å². The van der Waals surface area contributed by atoms with Crippen molar-refractivity contribution in [1.29, 1.82) is 0 Å². The molecule has 0 aromatic heterocycles. The fourth-order valence-electron chi connectivity index (χ4n) is 2.67. The van der Waals surface area contributed by atoms with Gasteiger partial charge in [0.1, 0.15) is 0 Å². The quantitative estimate of drug-likeness (QED) is 0.805.